The lowest BCUT2D eigenvalue weighted by molar-refractivity contribution is -0.274. The Labute approximate surface area is 194 Å². The zero-order valence-electron chi connectivity index (χ0n) is 17.7. The lowest BCUT2D eigenvalue weighted by atomic mass is 10.2. The van der Waals surface area contributed by atoms with Gasteiger partial charge in [-0.1, -0.05) is 18.2 Å². The maximum atomic E-state index is 12.6. The number of ether oxygens (including phenoxy) is 1. The van der Waals surface area contributed by atoms with Gasteiger partial charge in [-0.05, 0) is 52.5 Å². The quantitative estimate of drug-likeness (QED) is 0.228. The van der Waals surface area contributed by atoms with E-state index in [-0.39, 0.29) is 36.3 Å². The van der Waals surface area contributed by atoms with Crippen LogP contribution >= 0.6 is 24.0 Å². The number of para-hydroxylation sites is 1. The van der Waals surface area contributed by atoms with Gasteiger partial charge in [-0.2, -0.15) is 0 Å². The predicted molar refractivity (Wildman–Crippen MR) is 125 cm³/mol. The molecule has 1 aromatic rings. The zero-order chi connectivity index (χ0) is 21.1. The first-order valence-corrected chi connectivity index (χ1v) is 10.1. The van der Waals surface area contributed by atoms with Crippen molar-refractivity contribution in [2.45, 2.75) is 32.7 Å². The van der Waals surface area contributed by atoms with Crippen molar-refractivity contribution in [1.82, 2.24) is 20.4 Å². The molecule has 0 bridgehead atoms. The Morgan fingerprint density at radius 3 is 2.63 bits per heavy atom. The minimum atomic E-state index is -4.72. The molecular weight excluding hydrogens is 510 g/mol. The van der Waals surface area contributed by atoms with Crippen LogP contribution in [0.3, 0.4) is 0 Å². The SMILES string of the molecule is CCNC(=NCc1ccccc1OC(F)(F)F)NCCCN1CCCN(C)CC1.I. The van der Waals surface area contributed by atoms with Crippen LogP contribution in [-0.4, -0.2) is 75.0 Å². The van der Waals surface area contributed by atoms with Gasteiger partial charge in [-0.25, -0.2) is 4.99 Å². The molecule has 0 radical (unpaired) electrons. The Kier molecular flexibility index (Phi) is 12.4. The molecule has 1 heterocycles. The van der Waals surface area contributed by atoms with Crippen LogP contribution in [0.15, 0.2) is 29.3 Å². The Bertz CT molecular complexity index is 645. The predicted octanol–water partition coefficient (Wildman–Crippen LogP) is 3.29. The average molecular weight is 543 g/mol. The maximum absolute atomic E-state index is 12.6. The summed E-state index contributed by atoms with van der Waals surface area (Å²) in [6.45, 7) is 8.93. The Morgan fingerprint density at radius 1 is 1.13 bits per heavy atom. The summed E-state index contributed by atoms with van der Waals surface area (Å²) in [5.74, 6) is 0.371. The van der Waals surface area contributed by atoms with Crippen molar-refractivity contribution in [2.75, 3.05) is 52.9 Å². The first kappa shape index (κ1) is 26.8. The van der Waals surface area contributed by atoms with Gasteiger partial charge in [0.2, 0.25) is 0 Å². The molecule has 0 amide bonds. The number of guanidine groups is 1. The summed E-state index contributed by atoms with van der Waals surface area (Å²) >= 11 is 0. The van der Waals surface area contributed by atoms with Gasteiger partial charge in [-0.15, -0.1) is 37.1 Å². The van der Waals surface area contributed by atoms with E-state index in [1.807, 2.05) is 6.92 Å². The van der Waals surface area contributed by atoms with Crippen LogP contribution in [-0.2, 0) is 6.54 Å². The molecule has 1 aromatic carbocycles. The highest BCUT2D eigenvalue weighted by molar-refractivity contribution is 14.0. The molecule has 0 aliphatic carbocycles. The van der Waals surface area contributed by atoms with E-state index in [9.17, 15) is 13.2 Å². The van der Waals surface area contributed by atoms with Gasteiger partial charge in [0.05, 0.1) is 6.54 Å². The van der Waals surface area contributed by atoms with Gasteiger partial charge in [0.25, 0.3) is 0 Å². The second kappa shape index (κ2) is 13.9. The largest absolute Gasteiger partial charge is 0.573 e. The first-order chi connectivity index (χ1) is 13.9. The van der Waals surface area contributed by atoms with Gasteiger partial charge in [-0.3, -0.25) is 0 Å². The fourth-order valence-corrected chi connectivity index (χ4v) is 3.20. The van der Waals surface area contributed by atoms with Crippen LogP contribution in [0.1, 0.15) is 25.3 Å². The van der Waals surface area contributed by atoms with Crippen LogP contribution in [0.2, 0.25) is 0 Å². The third-order valence-electron chi connectivity index (χ3n) is 4.71. The van der Waals surface area contributed by atoms with E-state index in [0.717, 1.165) is 45.7 Å². The summed E-state index contributed by atoms with van der Waals surface area (Å²) in [5, 5.41) is 6.39. The van der Waals surface area contributed by atoms with Crippen molar-refractivity contribution in [1.29, 1.82) is 0 Å². The summed E-state index contributed by atoms with van der Waals surface area (Å²) in [7, 11) is 2.15. The summed E-state index contributed by atoms with van der Waals surface area (Å²) in [4.78, 5) is 9.24. The highest BCUT2D eigenvalue weighted by Gasteiger charge is 2.31. The molecule has 1 aliphatic rings. The Hall–Kier alpha value is -1.27. The Morgan fingerprint density at radius 2 is 1.90 bits per heavy atom. The molecule has 1 fully saturated rings. The summed E-state index contributed by atoms with van der Waals surface area (Å²) in [6, 6.07) is 6.08. The van der Waals surface area contributed by atoms with E-state index in [4.69, 9.17) is 0 Å². The molecule has 0 spiro atoms. The van der Waals surface area contributed by atoms with Crippen molar-refractivity contribution in [3.8, 4) is 5.75 Å². The Balaban J connectivity index is 0.00000450. The number of hydrogen-bond acceptors (Lipinski definition) is 4. The van der Waals surface area contributed by atoms with Gasteiger partial charge in [0, 0.05) is 31.7 Å². The summed E-state index contributed by atoms with van der Waals surface area (Å²) in [5.41, 5.74) is 0.385. The fourth-order valence-electron chi connectivity index (χ4n) is 3.20. The molecule has 1 aliphatic heterocycles. The van der Waals surface area contributed by atoms with Crippen molar-refractivity contribution >= 4 is 29.9 Å². The van der Waals surface area contributed by atoms with Crippen molar-refractivity contribution in [2.24, 2.45) is 4.99 Å². The molecular formula is C20H33F3IN5O. The number of hydrogen-bond donors (Lipinski definition) is 2. The first-order valence-electron chi connectivity index (χ1n) is 10.1. The van der Waals surface area contributed by atoms with E-state index in [0.29, 0.717) is 18.1 Å². The number of nitrogens with zero attached hydrogens (tertiary/aromatic N) is 3. The number of alkyl halides is 3. The topological polar surface area (TPSA) is 52.1 Å². The van der Waals surface area contributed by atoms with Crippen LogP contribution < -0.4 is 15.4 Å². The van der Waals surface area contributed by atoms with Gasteiger partial charge in [0.15, 0.2) is 5.96 Å². The van der Waals surface area contributed by atoms with Crippen molar-refractivity contribution in [3.05, 3.63) is 29.8 Å². The summed E-state index contributed by atoms with van der Waals surface area (Å²) < 4.78 is 41.8. The number of likely N-dealkylation sites (N-methyl/N-ethyl adjacent to an activating group) is 1. The molecule has 0 saturated carbocycles. The molecule has 0 unspecified atom stereocenters. The van der Waals surface area contributed by atoms with Crippen molar-refractivity contribution in [3.63, 3.8) is 0 Å². The zero-order valence-corrected chi connectivity index (χ0v) is 20.0. The monoisotopic (exact) mass is 543 g/mol. The third kappa shape index (κ3) is 10.7. The highest BCUT2D eigenvalue weighted by atomic mass is 127. The standard InChI is InChI=1S/C20H32F3N5O.HI/c1-3-24-19(25-10-6-12-28-13-7-11-27(2)14-15-28)26-16-17-8-4-5-9-18(17)29-20(21,22)23;/h4-5,8-9H,3,6-7,10-16H2,1-2H3,(H2,24,25,26);1H. The third-order valence-corrected chi connectivity index (χ3v) is 4.71. The van der Waals surface area contributed by atoms with Gasteiger partial charge in [0.1, 0.15) is 5.75 Å². The number of rotatable bonds is 8. The van der Waals surface area contributed by atoms with Crippen LogP contribution in [0.25, 0.3) is 0 Å². The number of halogens is 4. The van der Waals surface area contributed by atoms with Crippen molar-refractivity contribution < 1.29 is 17.9 Å². The van der Waals surface area contributed by atoms with Gasteiger partial charge >= 0.3 is 6.36 Å². The minimum absolute atomic E-state index is 0. The molecule has 1 saturated heterocycles. The number of benzene rings is 1. The molecule has 2 N–H and O–H groups in total. The second-order valence-electron chi connectivity index (χ2n) is 7.13. The summed E-state index contributed by atoms with van der Waals surface area (Å²) in [6.07, 6.45) is -2.56. The lowest BCUT2D eigenvalue weighted by Crippen LogP contribution is -2.39. The molecule has 0 atom stereocenters. The van der Waals surface area contributed by atoms with E-state index >= 15 is 0 Å². The fraction of sp³-hybridized carbons (Fsp3) is 0.650. The number of nitrogens with one attached hydrogen (secondary N) is 2. The van der Waals surface area contributed by atoms with E-state index < -0.39 is 6.36 Å². The van der Waals surface area contributed by atoms with Gasteiger partial charge < -0.3 is 25.2 Å². The molecule has 6 nitrogen and oxygen atoms in total. The second-order valence-corrected chi connectivity index (χ2v) is 7.13. The molecule has 172 valence electrons. The molecule has 10 heteroatoms. The molecule has 30 heavy (non-hydrogen) atoms. The number of aliphatic imine (C=N–C) groups is 1. The normalized spacial score (nSPS) is 16.5. The molecule has 0 aromatic heterocycles. The average Bonchev–Trinajstić information content (AvgIpc) is 2.87. The van der Waals surface area contributed by atoms with Crippen LogP contribution in [0.4, 0.5) is 13.2 Å². The molecule has 2 rings (SSSR count). The van der Waals surface area contributed by atoms with Crippen LogP contribution in [0, 0.1) is 0 Å². The van der Waals surface area contributed by atoms with Crippen LogP contribution in [0.5, 0.6) is 5.75 Å². The highest BCUT2D eigenvalue weighted by Crippen LogP contribution is 2.26. The lowest BCUT2D eigenvalue weighted by Gasteiger charge is -2.20. The van der Waals surface area contributed by atoms with E-state index in [2.05, 4.69) is 37.2 Å². The minimum Gasteiger partial charge on any atom is -0.405 e. The van der Waals surface area contributed by atoms with E-state index in [1.165, 1.54) is 18.6 Å². The maximum Gasteiger partial charge on any atom is 0.573 e. The van der Waals surface area contributed by atoms with E-state index in [1.54, 1.807) is 12.1 Å². The smallest absolute Gasteiger partial charge is 0.405 e.